The van der Waals surface area contributed by atoms with E-state index in [1.807, 2.05) is 20.0 Å². The SMILES string of the molecule is CCc1cc(Cn2cc(N)c(=O)[nH]c2=O)n(C)n1. The predicted molar refractivity (Wildman–Crippen MR) is 67.4 cm³/mol. The lowest BCUT2D eigenvalue weighted by Gasteiger charge is -2.05. The Kier molecular flexibility index (Phi) is 3.05. The van der Waals surface area contributed by atoms with Gasteiger partial charge in [-0.2, -0.15) is 5.10 Å². The molecule has 0 bridgehead atoms. The predicted octanol–water partition coefficient (Wildman–Crippen LogP) is -0.537. The summed E-state index contributed by atoms with van der Waals surface area (Å²) in [6.07, 6.45) is 2.18. The van der Waals surface area contributed by atoms with Crippen LogP contribution in [0.1, 0.15) is 18.3 Å². The van der Waals surface area contributed by atoms with Gasteiger partial charge in [0.2, 0.25) is 0 Å². The van der Waals surface area contributed by atoms with Gasteiger partial charge >= 0.3 is 5.69 Å². The Labute approximate surface area is 103 Å². The second kappa shape index (κ2) is 4.52. The number of hydrogen-bond donors (Lipinski definition) is 2. The number of aromatic amines is 1. The molecule has 0 saturated heterocycles. The molecule has 3 N–H and O–H groups in total. The van der Waals surface area contributed by atoms with E-state index in [9.17, 15) is 9.59 Å². The molecule has 7 heteroatoms. The fourth-order valence-electron chi connectivity index (χ4n) is 1.71. The summed E-state index contributed by atoms with van der Waals surface area (Å²) in [7, 11) is 1.81. The molecule has 0 aliphatic heterocycles. The van der Waals surface area contributed by atoms with Crippen LogP contribution in [0.5, 0.6) is 0 Å². The average Bonchev–Trinajstić information content (AvgIpc) is 2.67. The van der Waals surface area contributed by atoms with Crippen LogP contribution in [0.4, 0.5) is 5.69 Å². The molecule has 2 aromatic rings. The smallest absolute Gasteiger partial charge is 0.328 e. The molecule has 0 aromatic carbocycles. The third-order valence-electron chi connectivity index (χ3n) is 2.76. The van der Waals surface area contributed by atoms with E-state index in [1.165, 1.54) is 10.8 Å². The highest BCUT2D eigenvalue weighted by atomic mass is 16.2. The van der Waals surface area contributed by atoms with Crippen LogP contribution in [0, 0.1) is 0 Å². The van der Waals surface area contributed by atoms with Crippen molar-refractivity contribution in [2.24, 2.45) is 7.05 Å². The number of nitrogens with one attached hydrogen (secondary N) is 1. The number of nitrogens with two attached hydrogens (primary N) is 1. The first kappa shape index (κ1) is 12.2. The zero-order chi connectivity index (χ0) is 13.3. The van der Waals surface area contributed by atoms with Crippen molar-refractivity contribution >= 4 is 5.69 Å². The van der Waals surface area contributed by atoms with E-state index < -0.39 is 11.2 Å². The molecule has 0 amide bonds. The maximum atomic E-state index is 11.6. The molecule has 7 nitrogen and oxygen atoms in total. The van der Waals surface area contributed by atoms with E-state index in [0.29, 0.717) is 6.54 Å². The van der Waals surface area contributed by atoms with E-state index in [-0.39, 0.29) is 5.69 Å². The molecule has 0 saturated carbocycles. The van der Waals surface area contributed by atoms with Crippen molar-refractivity contribution in [3.05, 3.63) is 44.5 Å². The van der Waals surface area contributed by atoms with Gasteiger partial charge in [0.25, 0.3) is 5.56 Å². The minimum absolute atomic E-state index is 0.0208. The lowest BCUT2D eigenvalue weighted by atomic mass is 10.3. The third-order valence-corrected chi connectivity index (χ3v) is 2.76. The summed E-state index contributed by atoms with van der Waals surface area (Å²) in [4.78, 5) is 24.9. The second-order valence-electron chi connectivity index (χ2n) is 4.08. The molecule has 0 aliphatic carbocycles. The second-order valence-corrected chi connectivity index (χ2v) is 4.08. The summed E-state index contributed by atoms with van der Waals surface area (Å²) in [5, 5.41) is 4.29. The zero-order valence-electron chi connectivity index (χ0n) is 10.3. The van der Waals surface area contributed by atoms with Gasteiger partial charge in [-0.1, -0.05) is 6.92 Å². The molecule has 2 heterocycles. The van der Waals surface area contributed by atoms with Crippen molar-refractivity contribution in [3.8, 4) is 0 Å². The van der Waals surface area contributed by atoms with Gasteiger partial charge in [0.15, 0.2) is 0 Å². The maximum absolute atomic E-state index is 11.6. The quantitative estimate of drug-likeness (QED) is 0.763. The molecular weight excluding hydrogens is 234 g/mol. The van der Waals surface area contributed by atoms with Crippen molar-refractivity contribution in [2.45, 2.75) is 19.9 Å². The zero-order valence-corrected chi connectivity index (χ0v) is 10.3. The third kappa shape index (κ3) is 2.20. The van der Waals surface area contributed by atoms with Crippen LogP contribution >= 0.6 is 0 Å². The number of nitrogens with zero attached hydrogens (tertiary/aromatic N) is 3. The molecule has 0 atom stereocenters. The van der Waals surface area contributed by atoms with Crippen LogP contribution < -0.4 is 17.0 Å². The van der Waals surface area contributed by atoms with Crippen molar-refractivity contribution in [1.29, 1.82) is 0 Å². The summed E-state index contributed by atoms with van der Waals surface area (Å²) >= 11 is 0. The van der Waals surface area contributed by atoms with Gasteiger partial charge in [0.05, 0.1) is 17.9 Å². The number of hydrogen-bond acceptors (Lipinski definition) is 4. The maximum Gasteiger partial charge on any atom is 0.328 e. The Morgan fingerprint density at radius 2 is 2.17 bits per heavy atom. The normalized spacial score (nSPS) is 10.8. The number of anilines is 1. The number of aryl methyl sites for hydroxylation is 2. The summed E-state index contributed by atoms with van der Waals surface area (Å²) in [6.45, 7) is 2.33. The van der Waals surface area contributed by atoms with Gasteiger partial charge in [-0.05, 0) is 12.5 Å². The van der Waals surface area contributed by atoms with Crippen molar-refractivity contribution in [3.63, 3.8) is 0 Å². The van der Waals surface area contributed by atoms with Gasteiger partial charge in [-0.3, -0.25) is 19.0 Å². The highest BCUT2D eigenvalue weighted by Gasteiger charge is 2.07. The first-order chi connectivity index (χ1) is 8.51. The molecule has 0 spiro atoms. The number of nitrogen functional groups attached to an aromatic ring is 1. The van der Waals surface area contributed by atoms with Crippen LogP contribution in [0.15, 0.2) is 21.9 Å². The highest BCUT2D eigenvalue weighted by Crippen LogP contribution is 2.05. The first-order valence-electron chi connectivity index (χ1n) is 5.62. The van der Waals surface area contributed by atoms with Crippen molar-refractivity contribution in [1.82, 2.24) is 19.3 Å². The topological polar surface area (TPSA) is 98.7 Å². The standard InChI is InChI=1S/C11H15N5O2/c1-3-7-4-8(15(2)14-7)5-16-6-9(12)10(17)13-11(16)18/h4,6H,3,5,12H2,1-2H3,(H,13,17,18). The van der Waals surface area contributed by atoms with E-state index in [4.69, 9.17) is 5.73 Å². The average molecular weight is 249 g/mol. The Bertz CT molecular complexity index is 679. The fourth-order valence-corrected chi connectivity index (χ4v) is 1.71. The monoisotopic (exact) mass is 249 g/mol. The molecule has 0 radical (unpaired) electrons. The van der Waals surface area contributed by atoms with E-state index in [1.54, 1.807) is 4.68 Å². The highest BCUT2D eigenvalue weighted by molar-refractivity contribution is 5.30. The van der Waals surface area contributed by atoms with Gasteiger partial charge in [0.1, 0.15) is 5.69 Å². The van der Waals surface area contributed by atoms with Crippen LogP contribution in [0.3, 0.4) is 0 Å². The van der Waals surface area contributed by atoms with Crippen LogP contribution in [-0.2, 0) is 20.0 Å². The van der Waals surface area contributed by atoms with Crippen LogP contribution in [0.25, 0.3) is 0 Å². The number of rotatable bonds is 3. The lowest BCUT2D eigenvalue weighted by Crippen LogP contribution is -2.31. The van der Waals surface area contributed by atoms with Gasteiger partial charge < -0.3 is 5.73 Å². The lowest BCUT2D eigenvalue weighted by molar-refractivity contribution is 0.638. The van der Waals surface area contributed by atoms with Gasteiger partial charge in [0, 0.05) is 13.2 Å². The number of H-pyrrole nitrogens is 1. The van der Waals surface area contributed by atoms with Gasteiger partial charge in [-0.15, -0.1) is 0 Å². The van der Waals surface area contributed by atoms with Gasteiger partial charge in [-0.25, -0.2) is 4.79 Å². The Balaban J connectivity index is 2.39. The van der Waals surface area contributed by atoms with Crippen molar-refractivity contribution in [2.75, 3.05) is 5.73 Å². The Morgan fingerprint density at radius 1 is 1.44 bits per heavy atom. The van der Waals surface area contributed by atoms with E-state index in [0.717, 1.165) is 17.8 Å². The molecule has 0 aliphatic rings. The molecule has 2 rings (SSSR count). The molecule has 96 valence electrons. The summed E-state index contributed by atoms with van der Waals surface area (Å²) in [5.41, 5.74) is 6.30. The Hall–Kier alpha value is -2.31. The number of aromatic nitrogens is 4. The largest absolute Gasteiger partial charge is 0.393 e. The van der Waals surface area contributed by atoms with Crippen LogP contribution in [0.2, 0.25) is 0 Å². The minimum Gasteiger partial charge on any atom is -0.393 e. The van der Waals surface area contributed by atoms with E-state index >= 15 is 0 Å². The molecular formula is C11H15N5O2. The fraction of sp³-hybridized carbons (Fsp3) is 0.364. The summed E-state index contributed by atoms with van der Waals surface area (Å²) in [5.74, 6) is 0. The summed E-state index contributed by atoms with van der Waals surface area (Å²) in [6, 6.07) is 1.92. The molecule has 2 aromatic heterocycles. The Morgan fingerprint density at radius 3 is 2.78 bits per heavy atom. The molecule has 18 heavy (non-hydrogen) atoms. The van der Waals surface area contributed by atoms with Crippen molar-refractivity contribution < 1.29 is 0 Å². The summed E-state index contributed by atoms with van der Waals surface area (Å²) < 4.78 is 3.07. The first-order valence-corrected chi connectivity index (χ1v) is 5.62. The minimum atomic E-state index is -0.560. The van der Waals surface area contributed by atoms with Crippen LogP contribution in [-0.4, -0.2) is 19.3 Å². The van der Waals surface area contributed by atoms with E-state index in [2.05, 4.69) is 10.1 Å². The molecule has 0 unspecified atom stereocenters. The molecule has 0 fully saturated rings.